The highest BCUT2D eigenvalue weighted by Crippen LogP contribution is 2.42. The minimum absolute atomic E-state index is 0.0246. The minimum atomic E-state index is -0.442. The first-order chi connectivity index (χ1) is 15.6. The van der Waals surface area contributed by atoms with Gasteiger partial charge in [0.15, 0.2) is 0 Å². The molecule has 1 saturated heterocycles. The summed E-state index contributed by atoms with van der Waals surface area (Å²) in [7, 11) is 0. The van der Waals surface area contributed by atoms with Crippen molar-refractivity contribution in [2.24, 2.45) is 0 Å². The van der Waals surface area contributed by atoms with Gasteiger partial charge in [-0.3, -0.25) is 14.9 Å². The number of nitro groups is 1. The van der Waals surface area contributed by atoms with Gasteiger partial charge in [-0.25, -0.2) is 0 Å². The monoisotopic (exact) mass is 446 g/mol. The van der Waals surface area contributed by atoms with Crippen LogP contribution in [0.2, 0.25) is 0 Å². The van der Waals surface area contributed by atoms with Crippen LogP contribution < -0.4 is 4.74 Å². The highest BCUT2D eigenvalue weighted by atomic mass is 32.2. The zero-order chi connectivity index (χ0) is 22.3. The maximum atomic E-state index is 12.9. The van der Waals surface area contributed by atoms with E-state index >= 15 is 0 Å². The second-order valence-electron chi connectivity index (χ2n) is 7.25. The van der Waals surface area contributed by atoms with Crippen LogP contribution in [0.1, 0.15) is 22.1 Å². The molecule has 1 aliphatic heterocycles. The van der Waals surface area contributed by atoms with Crippen LogP contribution in [0.25, 0.3) is 6.08 Å². The highest BCUT2D eigenvalue weighted by Gasteiger charge is 2.31. The van der Waals surface area contributed by atoms with E-state index in [-0.39, 0.29) is 17.0 Å². The van der Waals surface area contributed by atoms with E-state index in [1.165, 1.54) is 18.2 Å². The predicted molar refractivity (Wildman–Crippen MR) is 126 cm³/mol. The summed E-state index contributed by atoms with van der Waals surface area (Å²) in [6, 6.07) is 23.9. The number of hydrogen-bond donors (Lipinski definition) is 0. The second kappa shape index (κ2) is 10.2. The second-order valence-corrected chi connectivity index (χ2v) is 8.44. The number of benzene rings is 3. The van der Waals surface area contributed by atoms with Gasteiger partial charge in [0.2, 0.25) is 5.91 Å². The van der Waals surface area contributed by atoms with Crippen molar-refractivity contribution in [1.82, 2.24) is 4.90 Å². The van der Waals surface area contributed by atoms with Gasteiger partial charge in [-0.2, -0.15) is 0 Å². The first kappa shape index (κ1) is 21.6. The molecule has 1 atom stereocenters. The van der Waals surface area contributed by atoms with E-state index in [4.69, 9.17) is 4.74 Å². The molecule has 4 rings (SSSR count). The van der Waals surface area contributed by atoms with Crippen LogP contribution in [0.15, 0.2) is 84.9 Å². The van der Waals surface area contributed by atoms with Crippen molar-refractivity contribution in [1.29, 1.82) is 0 Å². The maximum Gasteiger partial charge on any atom is 0.269 e. The third kappa shape index (κ3) is 5.18. The lowest BCUT2D eigenvalue weighted by molar-refractivity contribution is -0.384. The molecule has 1 fully saturated rings. The summed E-state index contributed by atoms with van der Waals surface area (Å²) >= 11 is 1.71. The summed E-state index contributed by atoms with van der Waals surface area (Å²) in [6.07, 6.45) is 3.21. The quantitative estimate of drug-likeness (QED) is 0.274. The molecule has 6 nitrogen and oxygen atoms in total. The van der Waals surface area contributed by atoms with Gasteiger partial charge in [-0.1, -0.05) is 48.5 Å². The average molecular weight is 447 g/mol. The van der Waals surface area contributed by atoms with E-state index in [0.29, 0.717) is 13.2 Å². The smallest absolute Gasteiger partial charge is 0.269 e. The number of nitrogens with zero attached hydrogens (tertiary/aromatic N) is 2. The number of amides is 1. The minimum Gasteiger partial charge on any atom is -0.489 e. The van der Waals surface area contributed by atoms with Crippen LogP contribution in [0, 0.1) is 10.1 Å². The molecule has 0 bridgehead atoms. The Morgan fingerprint density at radius 3 is 2.53 bits per heavy atom. The van der Waals surface area contributed by atoms with E-state index in [1.54, 1.807) is 30.0 Å². The summed E-state index contributed by atoms with van der Waals surface area (Å²) in [5.41, 5.74) is 2.82. The number of ether oxygens (including phenoxy) is 1. The predicted octanol–water partition coefficient (Wildman–Crippen LogP) is 5.46. The van der Waals surface area contributed by atoms with Gasteiger partial charge in [-0.15, -0.1) is 11.8 Å². The summed E-state index contributed by atoms with van der Waals surface area (Å²) in [4.78, 5) is 25.1. The Bertz CT molecular complexity index is 1120. The topological polar surface area (TPSA) is 72.7 Å². The standard InChI is InChI=1S/C25H22N2O4S/c28-24(15-12-19-10-13-21(14-11-19)27(29)30)26-16-17-32-25(26)22-8-4-5-9-23(22)31-18-20-6-2-1-3-7-20/h1-15,25H,16-18H2/b15-12+/t25-/m1/s1. The molecule has 3 aromatic carbocycles. The lowest BCUT2D eigenvalue weighted by Gasteiger charge is -2.24. The first-order valence-electron chi connectivity index (χ1n) is 10.2. The fourth-order valence-electron chi connectivity index (χ4n) is 3.48. The Hall–Kier alpha value is -3.58. The molecule has 162 valence electrons. The van der Waals surface area contributed by atoms with Gasteiger partial charge in [-0.05, 0) is 35.4 Å². The zero-order valence-electron chi connectivity index (χ0n) is 17.3. The molecule has 0 unspecified atom stereocenters. The fraction of sp³-hybridized carbons (Fsp3) is 0.160. The molecule has 32 heavy (non-hydrogen) atoms. The average Bonchev–Trinajstić information content (AvgIpc) is 3.32. The molecule has 1 heterocycles. The van der Waals surface area contributed by atoms with Crippen LogP contribution in [0.5, 0.6) is 5.75 Å². The molecule has 0 N–H and O–H groups in total. The highest BCUT2D eigenvalue weighted by molar-refractivity contribution is 7.99. The lowest BCUT2D eigenvalue weighted by atomic mass is 10.1. The Labute approximate surface area is 190 Å². The molecule has 0 aromatic heterocycles. The SMILES string of the molecule is O=C(/C=C/c1ccc([N+](=O)[O-])cc1)N1CCS[C@@H]1c1ccccc1OCc1ccccc1. The fourth-order valence-corrected chi connectivity index (χ4v) is 4.76. The number of carbonyl (C=O) groups excluding carboxylic acids is 1. The Kier molecular flexibility index (Phi) is 6.87. The third-order valence-corrected chi connectivity index (χ3v) is 6.36. The Balaban J connectivity index is 1.47. The van der Waals surface area contributed by atoms with Crippen LogP contribution >= 0.6 is 11.8 Å². The van der Waals surface area contributed by atoms with Gasteiger partial charge in [0.05, 0.1) is 4.92 Å². The maximum absolute atomic E-state index is 12.9. The molecule has 7 heteroatoms. The van der Waals surface area contributed by atoms with Gasteiger partial charge in [0.1, 0.15) is 17.7 Å². The largest absolute Gasteiger partial charge is 0.489 e. The number of para-hydroxylation sites is 1. The summed E-state index contributed by atoms with van der Waals surface area (Å²) in [6.45, 7) is 1.11. The van der Waals surface area contributed by atoms with Gasteiger partial charge in [0.25, 0.3) is 5.69 Å². The molecule has 3 aromatic rings. The third-order valence-electron chi connectivity index (χ3n) is 5.12. The van der Waals surface area contributed by atoms with Gasteiger partial charge in [0, 0.05) is 36.1 Å². The number of rotatable bonds is 7. The van der Waals surface area contributed by atoms with E-state index < -0.39 is 4.92 Å². The number of nitro benzene ring substituents is 1. The zero-order valence-corrected chi connectivity index (χ0v) is 18.1. The molecular formula is C25H22N2O4S. The van der Waals surface area contributed by atoms with Crippen molar-refractivity contribution >= 4 is 29.4 Å². The molecule has 1 aliphatic rings. The molecule has 0 radical (unpaired) electrons. The van der Waals surface area contributed by atoms with E-state index in [2.05, 4.69) is 0 Å². The molecular weight excluding hydrogens is 424 g/mol. The van der Waals surface area contributed by atoms with E-state index in [9.17, 15) is 14.9 Å². The van der Waals surface area contributed by atoms with Crippen LogP contribution in [-0.2, 0) is 11.4 Å². The molecule has 1 amide bonds. The van der Waals surface area contributed by atoms with Crippen molar-refractivity contribution in [2.75, 3.05) is 12.3 Å². The van der Waals surface area contributed by atoms with Gasteiger partial charge < -0.3 is 9.64 Å². The molecule has 0 spiro atoms. The number of thioether (sulfide) groups is 1. The van der Waals surface area contributed by atoms with Crippen molar-refractivity contribution in [3.8, 4) is 5.75 Å². The van der Waals surface area contributed by atoms with Crippen molar-refractivity contribution in [2.45, 2.75) is 12.0 Å². The Morgan fingerprint density at radius 2 is 1.78 bits per heavy atom. The summed E-state index contributed by atoms with van der Waals surface area (Å²) in [5.74, 6) is 1.51. The Morgan fingerprint density at radius 1 is 1.06 bits per heavy atom. The van der Waals surface area contributed by atoms with E-state index in [0.717, 1.165) is 28.2 Å². The van der Waals surface area contributed by atoms with Crippen molar-refractivity contribution in [3.05, 3.63) is 112 Å². The number of non-ortho nitro benzene ring substituents is 1. The normalized spacial score (nSPS) is 15.8. The van der Waals surface area contributed by atoms with Crippen LogP contribution in [0.3, 0.4) is 0 Å². The molecule has 0 saturated carbocycles. The number of hydrogen-bond acceptors (Lipinski definition) is 5. The lowest BCUT2D eigenvalue weighted by Crippen LogP contribution is -2.29. The van der Waals surface area contributed by atoms with Crippen LogP contribution in [0.4, 0.5) is 5.69 Å². The van der Waals surface area contributed by atoms with E-state index in [1.807, 2.05) is 59.5 Å². The van der Waals surface area contributed by atoms with Crippen LogP contribution in [-0.4, -0.2) is 28.0 Å². The summed E-state index contributed by atoms with van der Waals surface area (Å²) < 4.78 is 6.10. The van der Waals surface area contributed by atoms with Crippen molar-refractivity contribution < 1.29 is 14.5 Å². The molecule has 0 aliphatic carbocycles. The van der Waals surface area contributed by atoms with Crippen molar-refractivity contribution in [3.63, 3.8) is 0 Å². The van der Waals surface area contributed by atoms with Gasteiger partial charge >= 0.3 is 0 Å². The first-order valence-corrected chi connectivity index (χ1v) is 11.3. The summed E-state index contributed by atoms with van der Waals surface area (Å²) in [5, 5.41) is 10.7. The number of carbonyl (C=O) groups is 1.